The molecule has 3 aliphatic rings. The Kier molecular flexibility index (Phi) is 8.56. The number of carbonyl (C=O) groups is 2. The molecule has 2 atom stereocenters. The maximum atomic E-state index is 13.0. The number of carbonyl (C=O) groups excluding carboxylic acids is 2. The predicted molar refractivity (Wildman–Crippen MR) is 152 cm³/mol. The number of aryl methyl sites for hydroxylation is 1. The first-order chi connectivity index (χ1) is 19.0. The molecule has 2 aromatic rings. The van der Waals surface area contributed by atoms with Crippen molar-refractivity contribution in [3.05, 3.63) is 47.5 Å². The molecule has 2 amide bonds. The number of likely N-dealkylation sites (tertiary alicyclic amines) is 1. The second-order valence-electron chi connectivity index (χ2n) is 10.4. The Labute approximate surface area is 230 Å². The summed E-state index contributed by atoms with van der Waals surface area (Å²) in [6, 6.07) is 11.7. The van der Waals surface area contributed by atoms with Crippen molar-refractivity contribution in [3.63, 3.8) is 0 Å². The molecule has 0 bridgehead atoms. The second-order valence-corrected chi connectivity index (χ2v) is 10.4. The van der Waals surface area contributed by atoms with E-state index in [1.54, 1.807) is 4.90 Å². The highest BCUT2D eigenvalue weighted by Gasteiger charge is 2.31. The number of hydrogen-bond acceptors (Lipinski definition) is 7. The van der Waals surface area contributed by atoms with Gasteiger partial charge in [-0.2, -0.15) is 0 Å². The van der Waals surface area contributed by atoms with Crippen molar-refractivity contribution in [3.8, 4) is 11.5 Å². The number of benzene rings is 2. The number of likely N-dealkylation sites (N-methyl/N-ethyl adjacent to an activating group) is 1. The van der Waals surface area contributed by atoms with Crippen LogP contribution in [0.15, 0.2) is 46.4 Å². The van der Waals surface area contributed by atoms with E-state index in [4.69, 9.17) is 9.47 Å². The van der Waals surface area contributed by atoms with Gasteiger partial charge in [-0.3, -0.25) is 24.5 Å². The van der Waals surface area contributed by atoms with Gasteiger partial charge in [0.2, 0.25) is 6.41 Å². The second kappa shape index (κ2) is 12.4. The number of ether oxygens (including phenoxy) is 2. The molecule has 39 heavy (non-hydrogen) atoms. The molecule has 2 saturated heterocycles. The molecule has 0 saturated carbocycles. The summed E-state index contributed by atoms with van der Waals surface area (Å²) in [6.45, 7) is 6.14. The molecule has 0 spiro atoms. The lowest BCUT2D eigenvalue weighted by molar-refractivity contribution is -0.117. The summed E-state index contributed by atoms with van der Waals surface area (Å²) in [4.78, 5) is 39.1. The number of nitrogens with zero attached hydrogens (tertiary/aromatic N) is 5. The van der Waals surface area contributed by atoms with Gasteiger partial charge in [0.05, 0.1) is 29.0 Å². The zero-order chi connectivity index (χ0) is 27.2. The molecule has 9 nitrogen and oxygen atoms in total. The minimum atomic E-state index is 0.0400. The number of rotatable bonds is 11. The average molecular weight is 532 g/mol. The van der Waals surface area contributed by atoms with E-state index in [-0.39, 0.29) is 18.0 Å². The van der Waals surface area contributed by atoms with E-state index in [1.165, 1.54) is 0 Å². The van der Waals surface area contributed by atoms with Crippen LogP contribution < -0.4 is 9.47 Å². The third-order valence-electron chi connectivity index (χ3n) is 7.66. The number of hydrogen-bond donors (Lipinski definition) is 0. The van der Waals surface area contributed by atoms with Gasteiger partial charge in [-0.1, -0.05) is 0 Å². The van der Waals surface area contributed by atoms with Gasteiger partial charge in [0.1, 0.15) is 24.7 Å². The van der Waals surface area contributed by atoms with E-state index in [0.29, 0.717) is 30.2 Å². The van der Waals surface area contributed by atoms with Gasteiger partial charge in [-0.05, 0) is 81.6 Å². The normalized spacial score (nSPS) is 20.4. The summed E-state index contributed by atoms with van der Waals surface area (Å²) in [5.74, 6) is 1.53. The van der Waals surface area contributed by atoms with Crippen molar-refractivity contribution >= 4 is 36.1 Å². The molecule has 206 valence electrons. The molecule has 0 aromatic heterocycles. The van der Waals surface area contributed by atoms with Crippen LogP contribution in [0.25, 0.3) is 0 Å². The molecular weight excluding hydrogens is 494 g/mol. The SMILES string of the molecule is Cc1cc(OCCN(C)CCOc2ccc3c(c2)C(=O)N2CCCC2C=N3)ccc1/N=C\C1CCCN1C=O. The first kappa shape index (κ1) is 26.9. The smallest absolute Gasteiger partial charge is 0.256 e. The van der Waals surface area contributed by atoms with Crippen molar-refractivity contribution < 1.29 is 19.1 Å². The van der Waals surface area contributed by atoms with Crippen molar-refractivity contribution in [2.45, 2.75) is 44.7 Å². The van der Waals surface area contributed by atoms with Crippen molar-refractivity contribution in [2.24, 2.45) is 9.98 Å². The van der Waals surface area contributed by atoms with Crippen LogP contribution in [-0.4, -0.2) is 98.0 Å². The fourth-order valence-electron chi connectivity index (χ4n) is 5.29. The fraction of sp³-hybridized carbons (Fsp3) is 0.467. The van der Waals surface area contributed by atoms with Gasteiger partial charge < -0.3 is 19.3 Å². The Balaban J connectivity index is 1.05. The van der Waals surface area contributed by atoms with E-state index < -0.39 is 0 Å². The van der Waals surface area contributed by atoms with Gasteiger partial charge >= 0.3 is 0 Å². The Bertz CT molecular complexity index is 1250. The Morgan fingerprint density at radius 3 is 2.56 bits per heavy atom. The lowest BCUT2D eigenvalue weighted by Crippen LogP contribution is -2.35. The first-order valence-corrected chi connectivity index (χ1v) is 13.8. The van der Waals surface area contributed by atoms with Crippen LogP contribution in [0.4, 0.5) is 11.4 Å². The highest BCUT2D eigenvalue weighted by atomic mass is 16.5. The number of aliphatic imine (C=N–C) groups is 2. The summed E-state index contributed by atoms with van der Waals surface area (Å²) >= 11 is 0. The van der Waals surface area contributed by atoms with E-state index >= 15 is 0 Å². The highest BCUT2D eigenvalue weighted by Crippen LogP contribution is 2.31. The van der Waals surface area contributed by atoms with Crippen LogP contribution in [0, 0.1) is 6.92 Å². The molecule has 2 unspecified atom stereocenters. The third-order valence-corrected chi connectivity index (χ3v) is 7.66. The average Bonchev–Trinajstić information content (AvgIpc) is 3.58. The molecule has 3 heterocycles. The van der Waals surface area contributed by atoms with Crippen LogP contribution in [-0.2, 0) is 4.79 Å². The standard InChI is InChI=1S/C30H37N5O4/c1-22-17-25(7-9-28(22)31-19-23-5-3-11-34(23)21-36)38-15-13-33(2)14-16-39-26-8-10-29-27(18-26)30(37)35-12-4-6-24(35)20-32-29/h7-10,17-21,23-24H,3-6,11-16H2,1-2H3/b31-19-. The third kappa shape index (κ3) is 6.47. The lowest BCUT2D eigenvalue weighted by atomic mass is 10.1. The lowest BCUT2D eigenvalue weighted by Gasteiger charge is -2.20. The Morgan fingerprint density at radius 1 is 1.05 bits per heavy atom. The summed E-state index contributed by atoms with van der Waals surface area (Å²) in [7, 11) is 2.03. The number of fused-ring (bicyclic) bond motifs is 2. The maximum absolute atomic E-state index is 13.0. The van der Waals surface area contributed by atoms with Gasteiger partial charge in [-0.15, -0.1) is 0 Å². The molecule has 2 aromatic carbocycles. The largest absolute Gasteiger partial charge is 0.492 e. The van der Waals surface area contributed by atoms with Crippen LogP contribution in [0.1, 0.15) is 41.6 Å². The summed E-state index contributed by atoms with van der Waals surface area (Å²) < 4.78 is 11.9. The van der Waals surface area contributed by atoms with Crippen molar-refractivity contribution in [1.29, 1.82) is 0 Å². The van der Waals surface area contributed by atoms with Crippen molar-refractivity contribution in [2.75, 3.05) is 46.4 Å². The Morgan fingerprint density at radius 2 is 1.79 bits per heavy atom. The molecule has 2 fully saturated rings. The topological polar surface area (TPSA) is 87.0 Å². The number of amides is 2. The van der Waals surface area contributed by atoms with E-state index in [0.717, 1.165) is 75.3 Å². The molecular formula is C30H37N5O4. The predicted octanol–water partition coefficient (Wildman–Crippen LogP) is 4.03. The van der Waals surface area contributed by atoms with Crippen molar-refractivity contribution in [1.82, 2.24) is 14.7 Å². The first-order valence-electron chi connectivity index (χ1n) is 13.8. The van der Waals surface area contributed by atoms with Crippen LogP contribution in [0.5, 0.6) is 11.5 Å². The van der Waals surface area contributed by atoms with Crippen LogP contribution >= 0.6 is 0 Å². The molecule has 0 aliphatic carbocycles. The summed E-state index contributed by atoms with van der Waals surface area (Å²) in [5.41, 5.74) is 3.25. The minimum absolute atomic E-state index is 0.0400. The van der Waals surface area contributed by atoms with E-state index in [1.807, 2.05) is 67.7 Å². The monoisotopic (exact) mass is 531 g/mol. The minimum Gasteiger partial charge on any atom is -0.492 e. The fourth-order valence-corrected chi connectivity index (χ4v) is 5.29. The zero-order valence-corrected chi connectivity index (χ0v) is 22.8. The molecule has 0 N–H and O–H groups in total. The van der Waals surface area contributed by atoms with Gasteiger partial charge in [0, 0.05) is 38.6 Å². The molecule has 9 heteroatoms. The maximum Gasteiger partial charge on any atom is 0.256 e. The molecule has 5 rings (SSSR count). The highest BCUT2D eigenvalue weighted by molar-refractivity contribution is 6.03. The molecule has 0 radical (unpaired) electrons. The van der Waals surface area contributed by atoms with Gasteiger partial charge in [0.25, 0.3) is 5.91 Å². The van der Waals surface area contributed by atoms with E-state index in [2.05, 4.69) is 14.9 Å². The summed E-state index contributed by atoms with van der Waals surface area (Å²) in [6.07, 6.45) is 8.66. The van der Waals surface area contributed by atoms with Gasteiger partial charge in [0.15, 0.2) is 0 Å². The van der Waals surface area contributed by atoms with Crippen LogP contribution in [0.3, 0.4) is 0 Å². The van der Waals surface area contributed by atoms with Crippen LogP contribution in [0.2, 0.25) is 0 Å². The Hall–Kier alpha value is -3.72. The zero-order valence-electron chi connectivity index (χ0n) is 22.8. The van der Waals surface area contributed by atoms with Gasteiger partial charge in [-0.25, -0.2) is 0 Å². The van der Waals surface area contributed by atoms with E-state index in [9.17, 15) is 9.59 Å². The molecule has 3 aliphatic heterocycles. The quantitative estimate of drug-likeness (QED) is 0.323. The summed E-state index contributed by atoms with van der Waals surface area (Å²) in [5, 5.41) is 0.